The average Bonchev–Trinajstić information content (AvgIpc) is 2.12. The van der Waals surface area contributed by atoms with Crippen LogP contribution in [0.25, 0.3) is 0 Å². The van der Waals surface area contributed by atoms with E-state index in [1.165, 1.54) is 6.07 Å². The van der Waals surface area contributed by atoms with Crippen LogP contribution in [0.1, 0.15) is 36.7 Å². The molecule has 0 atom stereocenters. The highest BCUT2D eigenvalue weighted by Gasteiger charge is 2.34. The number of hydrogen-bond acceptors (Lipinski definition) is 3. The van der Waals surface area contributed by atoms with Crippen LogP contribution in [-0.2, 0) is 10.9 Å². The van der Waals surface area contributed by atoms with Crippen LogP contribution in [0.4, 0.5) is 18.9 Å². The molecule has 1 aromatic rings. The monoisotopic (exact) mass is 261 g/mol. The summed E-state index contributed by atoms with van der Waals surface area (Å²) in [5.41, 5.74) is 2.65. The van der Waals surface area contributed by atoms with Crippen molar-refractivity contribution in [1.82, 2.24) is 0 Å². The van der Waals surface area contributed by atoms with Gasteiger partial charge in [0.2, 0.25) is 0 Å². The van der Waals surface area contributed by atoms with Gasteiger partial charge in [-0.3, -0.25) is 0 Å². The standard InChI is InChI=1S/C12H14F3NO2/c1-11(2,3)18-10(17)7-5-4-6-8(9(7)16)12(13,14)15/h4-6H,16H2,1-3H3. The number of carbonyl (C=O) groups is 1. The maximum absolute atomic E-state index is 12.6. The molecular weight excluding hydrogens is 247 g/mol. The lowest BCUT2D eigenvalue weighted by Gasteiger charge is -2.20. The van der Waals surface area contributed by atoms with Crippen LogP contribution in [0.2, 0.25) is 0 Å². The molecule has 0 aliphatic heterocycles. The van der Waals surface area contributed by atoms with E-state index in [4.69, 9.17) is 10.5 Å². The van der Waals surface area contributed by atoms with E-state index in [1.807, 2.05) is 0 Å². The molecule has 6 heteroatoms. The van der Waals surface area contributed by atoms with E-state index < -0.39 is 29.0 Å². The van der Waals surface area contributed by atoms with Crippen LogP contribution in [0.5, 0.6) is 0 Å². The zero-order chi connectivity index (χ0) is 14.1. The molecule has 0 saturated heterocycles. The maximum atomic E-state index is 12.6. The van der Waals surface area contributed by atoms with Crippen LogP contribution in [-0.4, -0.2) is 11.6 Å². The van der Waals surface area contributed by atoms with E-state index in [-0.39, 0.29) is 5.56 Å². The van der Waals surface area contributed by atoms with E-state index in [0.29, 0.717) is 0 Å². The summed E-state index contributed by atoms with van der Waals surface area (Å²) < 4.78 is 42.8. The summed E-state index contributed by atoms with van der Waals surface area (Å²) in [6.45, 7) is 4.86. The fourth-order valence-corrected chi connectivity index (χ4v) is 1.32. The first kappa shape index (κ1) is 14.3. The van der Waals surface area contributed by atoms with Crippen LogP contribution >= 0.6 is 0 Å². The number of rotatable bonds is 1. The zero-order valence-corrected chi connectivity index (χ0v) is 10.3. The molecule has 0 fully saturated rings. The second-order valence-corrected chi connectivity index (χ2v) is 4.77. The highest BCUT2D eigenvalue weighted by atomic mass is 19.4. The van der Waals surface area contributed by atoms with Crippen LogP contribution in [0.3, 0.4) is 0 Å². The molecule has 3 nitrogen and oxygen atoms in total. The van der Waals surface area contributed by atoms with Gasteiger partial charge in [-0.1, -0.05) is 6.07 Å². The highest BCUT2D eigenvalue weighted by molar-refractivity contribution is 5.96. The SMILES string of the molecule is CC(C)(C)OC(=O)c1cccc(C(F)(F)F)c1N. The Morgan fingerprint density at radius 1 is 1.22 bits per heavy atom. The number of para-hydroxylation sites is 1. The van der Waals surface area contributed by atoms with Gasteiger partial charge in [0, 0.05) is 0 Å². The zero-order valence-electron chi connectivity index (χ0n) is 10.3. The minimum atomic E-state index is -4.60. The third-order valence-electron chi connectivity index (χ3n) is 2.03. The van der Waals surface area contributed by atoms with E-state index in [2.05, 4.69) is 0 Å². The molecule has 0 saturated carbocycles. The Bertz CT molecular complexity index is 461. The molecule has 0 bridgehead atoms. The molecule has 0 aromatic heterocycles. The van der Waals surface area contributed by atoms with Crippen molar-refractivity contribution in [2.45, 2.75) is 32.5 Å². The number of alkyl halides is 3. The van der Waals surface area contributed by atoms with Crippen LogP contribution < -0.4 is 5.73 Å². The van der Waals surface area contributed by atoms with Crippen molar-refractivity contribution in [3.8, 4) is 0 Å². The molecule has 0 aliphatic carbocycles. The number of benzene rings is 1. The largest absolute Gasteiger partial charge is 0.456 e. The third-order valence-corrected chi connectivity index (χ3v) is 2.03. The predicted molar refractivity (Wildman–Crippen MR) is 61.0 cm³/mol. The molecular formula is C12H14F3NO2. The lowest BCUT2D eigenvalue weighted by molar-refractivity contribution is -0.136. The maximum Gasteiger partial charge on any atom is 0.418 e. The van der Waals surface area contributed by atoms with Crippen molar-refractivity contribution in [2.24, 2.45) is 0 Å². The normalized spacial score (nSPS) is 12.3. The molecule has 0 spiro atoms. The number of hydrogen-bond donors (Lipinski definition) is 1. The summed E-state index contributed by atoms with van der Waals surface area (Å²) in [6.07, 6.45) is -4.60. The predicted octanol–water partition coefficient (Wildman–Crippen LogP) is 3.24. The molecule has 1 rings (SSSR count). The van der Waals surface area contributed by atoms with Crippen LogP contribution in [0, 0.1) is 0 Å². The highest BCUT2D eigenvalue weighted by Crippen LogP contribution is 2.35. The number of anilines is 1. The third kappa shape index (κ3) is 3.38. The van der Waals surface area contributed by atoms with Gasteiger partial charge in [-0.2, -0.15) is 13.2 Å². The molecule has 0 aliphatic rings. The van der Waals surface area contributed by atoms with E-state index in [0.717, 1.165) is 12.1 Å². The van der Waals surface area contributed by atoms with E-state index in [9.17, 15) is 18.0 Å². The minimum Gasteiger partial charge on any atom is -0.456 e. The van der Waals surface area contributed by atoms with E-state index >= 15 is 0 Å². The Kier molecular flexibility index (Phi) is 3.59. The lowest BCUT2D eigenvalue weighted by Crippen LogP contribution is -2.25. The number of esters is 1. The van der Waals surface area contributed by atoms with Crippen molar-refractivity contribution >= 4 is 11.7 Å². The molecule has 0 heterocycles. The molecule has 0 unspecified atom stereocenters. The number of halogens is 3. The van der Waals surface area contributed by atoms with Crippen molar-refractivity contribution in [3.63, 3.8) is 0 Å². The molecule has 100 valence electrons. The molecule has 0 amide bonds. The second-order valence-electron chi connectivity index (χ2n) is 4.77. The fraction of sp³-hybridized carbons (Fsp3) is 0.417. The van der Waals surface area contributed by atoms with Gasteiger partial charge in [0.15, 0.2) is 0 Å². The van der Waals surface area contributed by atoms with E-state index in [1.54, 1.807) is 20.8 Å². The van der Waals surface area contributed by atoms with Gasteiger partial charge in [-0.25, -0.2) is 4.79 Å². The van der Waals surface area contributed by atoms with Gasteiger partial charge in [0.05, 0.1) is 16.8 Å². The molecule has 0 radical (unpaired) electrons. The first-order valence-electron chi connectivity index (χ1n) is 5.21. The van der Waals surface area contributed by atoms with Crippen molar-refractivity contribution in [3.05, 3.63) is 29.3 Å². The summed E-state index contributed by atoms with van der Waals surface area (Å²) in [5.74, 6) is -0.869. The quantitative estimate of drug-likeness (QED) is 0.623. The van der Waals surface area contributed by atoms with Crippen LogP contribution in [0.15, 0.2) is 18.2 Å². The van der Waals surface area contributed by atoms with Gasteiger partial charge in [-0.15, -0.1) is 0 Å². The van der Waals surface area contributed by atoms with Gasteiger partial charge < -0.3 is 10.5 Å². The number of nitrogens with two attached hydrogens (primary N) is 1. The number of nitrogen functional groups attached to an aromatic ring is 1. The minimum absolute atomic E-state index is 0.278. The first-order chi connectivity index (χ1) is 8.02. The van der Waals surface area contributed by atoms with Crippen molar-refractivity contribution in [2.75, 3.05) is 5.73 Å². The first-order valence-corrected chi connectivity index (χ1v) is 5.21. The smallest absolute Gasteiger partial charge is 0.418 e. The summed E-state index contributed by atoms with van der Waals surface area (Å²) in [4.78, 5) is 11.7. The molecule has 18 heavy (non-hydrogen) atoms. The fourth-order valence-electron chi connectivity index (χ4n) is 1.32. The van der Waals surface area contributed by atoms with Gasteiger partial charge in [0.1, 0.15) is 5.60 Å². The number of carbonyl (C=O) groups excluding carboxylic acids is 1. The van der Waals surface area contributed by atoms with Crippen molar-refractivity contribution in [1.29, 1.82) is 0 Å². The Morgan fingerprint density at radius 2 is 1.78 bits per heavy atom. The Labute approximate surface area is 103 Å². The summed E-state index contributed by atoms with van der Waals surface area (Å²) in [7, 11) is 0. The second kappa shape index (κ2) is 4.51. The summed E-state index contributed by atoms with van der Waals surface area (Å²) >= 11 is 0. The Morgan fingerprint density at radius 3 is 2.22 bits per heavy atom. The number of ether oxygens (including phenoxy) is 1. The van der Waals surface area contributed by atoms with Gasteiger partial charge >= 0.3 is 12.1 Å². The van der Waals surface area contributed by atoms with Crippen molar-refractivity contribution < 1.29 is 22.7 Å². The average molecular weight is 261 g/mol. The summed E-state index contributed by atoms with van der Waals surface area (Å²) in [6, 6.07) is 3.15. The summed E-state index contributed by atoms with van der Waals surface area (Å²) in [5, 5.41) is 0. The topological polar surface area (TPSA) is 52.3 Å². The molecule has 2 N–H and O–H groups in total. The Balaban J connectivity index is 3.16. The van der Waals surface area contributed by atoms with Gasteiger partial charge in [-0.05, 0) is 32.9 Å². The lowest BCUT2D eigenvalue weighted by atomic mass is 10.1. The molecule has 1 aromatic carbocycles. The van der Waals surface area contributed by atoms with Gasteiger partial charge in [0.25, 0.3) is 0 Å². The Hall–Kier alpha value is -1.72.